The molecule has 1 aromatic heterocycles. The van der Waals surface area contributed by atoms with Crippen LogP contribution >= 0.6 is 0 Å². The number of sulfonamides is 1. The zero-order valence-electron chi connectivity index (χ0n) is 19.6. The van der Waals surface area contributed by atoms with Gasteiger partial charge in [0, 0.05) is 50.1 Å². The molecule has 0 bridgehead atoms. The number of furan rings is 1. The Kier molecular flexibility index (Phi) is 5.53. The highest BCUT2D eigenvalue weighted by Gasteiger charge is 2.40. The SMILES string of the molecule is O=C1CCC(N2Cc3cc(N4CCN(S(=O)(=O)c5ccc6occc6c5)CC4)c(F)cc3C2=O)C(=O)N1. The summed E-state index contributed by atoms with van der Waals surface area (Å²) >= 11 is 0. The highest BCUT2D eigenvalue weighted by Crippen LogP contribution is 2.33. The summed E-state index contributed by atoms with van der Waals surface area (Å²) in [6.45, 7) is 1.02. The van der Waals surface area contributed by atoms with Crippen LogP contribution in [0.4, 0.5) is 10.1 Å². The minimum atomic E-state index is -3.73. The molecule has 0 radical (unpaired) electrons. The molecule has 0 spiro atoms. The van der Waals surface area contributed by atoms with E-state index in [-0.39, 0.29) is 67.6 Å². The van der Waals surface area contributed by atoms with Gasteiger partial charge >= 0.3 is 0 Å². The highest BCUT2D eigenvalue weighted by atomic mass is 32.2. The molecule has 37 heavy (non-hydrogen) atoms. The number of nitrogens with one attached hydrogen (secondary N) is 1. The molecule has 0 aliphatic carbocycles. The minimum Gasteiger partial charge on any atom is -0.464 e. The lowest BCUT2D eigenvalue weighted by Crippen LogP contribution is -2.52. The summed E-state index contributed by atoms with van der Waals surface area (Å²) < 4.78 is 48.2. The Morgan fingerprint density at radius 2 is 1.78 bits per heavy atom. The van der Waals surface area contributed by atoms with Gasteiger partial charge in [-0.25, -0.2) is 12.8 Å². The number of benzene rings is 2. The van der Waals surface area contributed by atoms with Crippen molar-refractivity contribution < 1.29 is 31.6 Å². The first-order valence-electron chi connectivity index (χ1n) is 11.9. The van der Waals surface area contributed by atoms with E-state index in [9.17, 15) is 22.8 Å². The van der Waals surface area contributed by atoms with Gasteiger partial charge in [0.1, 0.15) is 17.4 Å². The third-order valence-electron chi connectivity index (χ3n) is 7.23. The predicted molar refractivity (Wildman–Crippen MR) is 130 cm³/mol. The molecule has 4 heterocycles. The average Bonchev–Trinajstić information content (AvgIpc) is 3.48. The van der Waals surface area contributed by atoms with Crippen molar-refractivity contribution in [2.24, 2.45) is 0 Å². The molecule has 2 saturated heterocycles. The lowest BCUT2D eigenvalue weighted by atomic mass is 10.0. The first-order chi connectivity index (χ1) is 17.7. The topological polar surface area (TPSA) is 120 Å². The van der Waals surface area contributed by atoms with Gasteiger partial charge in [0.15, 0.2) is 0 Å². The fourth-order valence-corrected chi connectivity index (χ4v) is 6.70. The van der Waals surface area contributed by atoms with Crippen molar-refractivity contribution in [3.8, 4) is 0 Å². The maximum absolute atomic E-state index is 15.1. The molecule has 12 heteroatoms. The van der Waals surface area contributed by atoms with E-state index in [0.717, 1.165) is 0 Å². The zero-order valence-corrected chi connectivity index (χ0v) is 20.5. The standard InChI is InChI=1S/C25H23FN4O6S/c26-19-13-18-16(14-30(25(18)33)20-2-4-23(31)27-24(20)32)12-21(19)28-6-8-29(9-7-28)37(34,35)17-1-3-22-15(11-17)5-10-36-22/h1,3,5,10-13,20H,2,4,6-9,14H2,(H,27,31,32). The third kappa shape index (κ3) is 3.96. The number of carbonyl (C=O) groups excluding carboxylic acids is 3. The summed E-state index contributed by atoms with van der Waals surface area (Å²) in [7, 11) is -3.73. The number of halogens is 1. The minimum absolute atomic E-state index is 0.137. The fraction of sp³-hybridized carbons (Fsp3) is 0.320. The number of anilines is 1. The van der Waals surface area contributed by atoms with Crippen molar-refractivity contribution in [1.82, 2.24) is 14.5 Å². The van der Waals surface area contributed by atoms with Crippen LogP contribution in [0.15, 0.2) is 52.0 Å². The Morgan fingerprint density at radius 1 is 1.00 bits per heavy atom. The van der Waals surface area contributed by atoms with Crippen LogP contribution in [0.5, 0.6) is 0 Å². The van der Waals surface area contributed by atoms with Crippen molar-refractivity contribution in [2.75, 3.05) is 31.1 Å². The molecular formula is C25H23FN4O6S. The van der Waals surface area contributed by atoms with Gasteiger partial charge in [-0.05, 0) is 48.4 Å². The predicted octanol–water partition coefficient (Wildman–Crippen LogP) is 1.84. The zero-order chi connectivity index (χ0) is 25.9. The van der Waals surface area contributed by atoms with Crippen LogP contribution in [0.25, 0.3) is 11.0 Å². The second-order valence-corrected chi connectivity index (χ2v) is 11.3. The summed E-state index contributed by atoms with van der Waals surface area (Å²) in [5.74, 6) is -1.93. The summed E-state index contributed by atoms with van der Waals surface area (Å²) in [6, 6.07) is 8.42. The number of fused-ring (bicyclic) bond motifs is 2. The molecule has 10 nitrogen and oxygen atoms in total. The molecule has 1 unspecified atom stereocenters. The Labute approximate surface area is 211 Å². The van der Waals surface area contributed by atoms with Crippen LogP contribution < -0.4 is 10.2 Å². The molecule has 192 valence electrons. The normalized spacial score (nSPS) is 21.0. The van der Waals surface area contributed by atoms with Crippen LogP contribution in [0.3, 0.4) is 0 Å². The lowest BCUT2D eigenvalue weighted by molar-refractivity contribution is -0.136. The van der Waals surface area contributed by atoms with Crippen molar-refractivity contribution in [2.45, 2.75) is 30.3 Å². The number of imide groups is 1. The van der Waals surface area contributed by atoms with E-state index >= 15 is 4.39 Å². The molecule has 1 N–H and O–H groups in total. The Hall–Kier alpha value is -3.77. The number of carbonyl (C=O) groups is 3. The largest absolute Gasteiger partial charge is 0.464 e. The van der Waals surface area contributed by atoms with Gasteiger partial charge in [-0.3, -0.25) is 19.7 Å². The van der Waals surface area contributed by atoms with Gasteiger partial charge in [-0.2, -0.15) is 4.31 Å². The maximum atomic E-state index is 15.1. The number of nitrogens with zero attached hydrogens (tertiary/aromatic N) is 3. The summed E-state index contributed by atoms with van der Waals surface area (Å²) in [4.78, 5) is 40.0. The van der Waals surface area contributed by atoms with E-state index < -0.39 is 33.7 Å². The highest BCUT2D eigenvalue weighted by molar-refractivity contribution is 7.89. The maximum Gasteiger partial charge on any atom is 0.255 e. The molecule has 6 rings (SSSR count). The van der Waals surface area contributed by atoms with Crippen LogP contribution in [-0.2, 0) is 26.2 Å². The smallest absolute Gasteiger partial charge is 0.255 e. The summed E-state index contributed by atoms with van der Waals surface area (Å²) in [6.07, 6.45) is 1.87. The summed E-state index contributed by atoms with van der Waals surface area (Å²) in [5, 5.41) is 2.95. The first-order valence-corrected chi connectivity index (χ1v) is 13.4. The second-order valence-electron chi connectivity index (χ2n) is 9.37. The van der Waals surface area contributed by atoms with Crippen LogP contribution in [0, 0.1) is 5.82 Å². The van der Waals surface area contributed by atoms with Gasteiger partial charge in [-0.15, -0.1) is 0 Å². The molecule has 3 aromatic rings. The second kappa shape index (κ2) is 8.67. The number of hydrogen-bond acceptors (Lipinski definition) is 7. The van der Waals surface area contributed by atoms with Gasteiger partial charge < -0.3 is 14.2 Å². The van der Waals surface area contributed by atoms with E-state index in [2.05, 4.69) is 5.32 Å². The van der Waals surface area contributed by atoms with Gasteiger partial charge in [-0.1, -0.05) is 0 Å². The van der Waals surface area contributed by atoms with Crippen LogP contribution in [-0.4, -0.2) is 67.6 Å². The van der Waals surface area contributed by atoms with Crippen molar-refractivity contribution in [3.63, 3.8) is 0 Å². The van der Waals surface area contributed by atoms with Crippen LogP contribution in [0.2, 0.25) is 0 Å². The van der Waals surface area contributed by atoms with Gasteiger partial charge in [0.05, 0.1) is 16.8 Å². The van der Waals surface area contributed by atoms with Crippen molar-refractivity contribution in [1.29, 1.82) is 0 Å². The van der Waals surface area contributed by atoms with Crippen molar-refractivity contribution >= 4 is 44.4 Å². The first kappa shape index (κ1) is 23.6. The van der Waals surface area contributed by atoms with Crippen molar-refractivity contribution in [3.05, 3.63) is 59.6 Å². The van der Waals surface area contributed by atoms with E-state index in [1.54, 1.807) is 29.2 Å². The van der Waals surface area contributed by atoms with Gasteiger partial charge in [0.25, 0.3) is 5.91 Å². The fourth-order valence-electron chi connectivity index (χ4n) is 5.24. The Morgan fingerprint density at radius 3 is 2.54 bits per heavy atom. The van der Waals surface area contributed by atoms with E-state index in [1.807, 2.05) is 0 Å². The van der Waals surface area contributed by atoms with E-state index in [1.165, 1.54) is 27.6 Å². The molecule has 2 fully saturated rings. The molecular weight excluding hydrogens is 503 g/mol. The van der Waals surface area contributed by atoms with Gasteiger partial charge in [0.2, 0.25) is 21.8 Å². The quantitative estimate of drug-likeness (QED) is 0.515. The summed E-state index contributed by atoms with van der Waals surface area (Å²) in [5.41, 5.74) is 1.68. The molecule has 2 aromatic carbocycles. The molecule has 3 amide bonds. The number of piperazine rings is 1. The molecule has 3 aliphatic heterocycles. The molecule has 1 atom stereocenters. The number of amides is 3. The molecule has 3 aliphatic rings. The van der Waals surface area contributed by atoms with Crippen LogP contribution in [0.1, 0.15) is 28.8 Å². The van der Waals surface area contributed by atoms with E-state index in [0.29, 0.717) is 16.5 Å². The Balaban J connectivity index is 1.18. The Bertz CT molecular complexity index is 1560. The number of rotatable bonds is 4. The average molecular weight is 527 g/mol. The number of piperidine rings is 1. The molecule has 0 saturated carbocycles. The third-order valence-corrected chi connectivity index (χ3v) is 9.13. The lowest BCUT2D eigenvalue weighted by Gasteiger charge is -2.35. The van der Waals surface area contributed by atoms with E-state index in [4.69, 9.17) is 4.42 Å². The monoisotopic (exact) mass is 526 g/mol. The number of hydrogen-bond donors (Lipinski definition) is 1.